The molecule has 0 bridgehead atoms. The summed E-state index contributed by atoms with van der Waals surface area (Å²) in [4.78, 5) is 15.6. The van der Waals surface area contributed by atoms with Crippen LogP contribution in [0.15, 0.2) is 24.3 Å². The maximum atomic E-state index is 10.7. The molecule has 0 atom stereocenters. The monoisotopic (exact) mass is 150 g/mol. The van der Waals surface area contributed by atoms with Gasteiger partial charge in [0.1, 0.15) is 0 Å². The first-order valence-electron chi connectivity index (χ1n) is 3.19. The number of para-hydroxylation sites is 2. The van der Waals surface area contributed by atoms with Crippen LogP contribution in [-0.2, 0) is 0 Å². The number of hydroxylamine groups is 1. The Labute approximate surface area is 63.1 Å². The van der Waals surface area contributed by atoms with E-state index in [-0.39, 0.29) is 6.03 Å². The summed E-state index contributed by atoms with van der Waals surface area (Å²) in [6.45, 7) is 0. The molecular formula is C7H6N2O2. The zero-order valence-electron chi connectivity index (χ0n) is 5.63. The molecule has 2 N–H and O–H groups in total. The molecule has 4 nitrogen and oxygen atoms in total. The highest BCUT2D eigenvalue weighted by atomic mass is 16.7. The van der Waals surface area contributed by atoms with E-state index in [1.807, 2.05) is 12.1 Å². The molecule has 0 unspecified atom stereocenters. The predicted octanol–water partition coefficient (Wildman–Crippen LogP) is 1.12. The Morgan fingerprint density at radius 2 is 2.09 bits per heavy atom. The van der Waals surface area contributed by atoms with Crippen LogP contribution in [0.5, 0.6) is 5.75 Å². The van der Waals surface area contributed by atoms with Crippen LogP contribution < -0.4 is 15.6 Å². The molecule has 1 aromatic rings. The minimum atomic E-state index is -0.344. The minimum absolute atomic E-state index is 0.344. The molecule has 0 saturated heterocycles. The molecule has 0 aliphatic carbocycles. The summed E-state index contributed by atoms with van der Waals surface area (Å²) < 4.78 is 0. The van der Waals surface area contributed by atoms with Crippen LogP contribution in [0, 0.1) is 0 Å². The Balaban J connectivity index is 2.41. The zero-order valence-corrected chi connectivity index (χ0v) is 5.63. The second-order valence-electron chi connectivity index (χ2n) is 2.15. The normalized spacial score (nSPS) is 14.0. The van der Waals surface area contributed by atoms with Crippen LogP contribution >= 0.6 is 0 Å². The number of nitrogens with one attached hydrogen (secondary N) is 2. The number of carbonyl (C=O) groups is 1. The summed E-state index contributed by atoms with van der Waals surface area (Å²) in [7, 11) is 0. The van der Waals surface area contributed by atoms with Crippen molar-refractivity contribution in [2.45, 2.75) is 0 Å². The van der Waals surface area contributed by atoms with Gasteiger partial charge in [0.15, 0.2) is 5.75 Å². The summed E-state index contributed by atoms with van der Waals surface area (Å²) in [5.74, 6) is 0.632. The van der Waals surface area contributed by atoms with Crippen LogP contribution in [-0.4, -0.2) is 6.03 Å². The van der Waals surface area contributed by atoms with Crippen molar-refractivity contribution >= 4 is 11.7 Å². The van der Waals surface area contributed by atoms with Gasteiger partial charge in [-0.1, -0.05) is 12.1 Å². The molecule has 0 spiro atoms. The summed E-state index contributed by atoms with van der Waals surface area (Å²) in [6, 6.07) is 6.85. The highest BCUT2D eigenvalue weighted by molar-refractivity contribution is 5.92. The Hall–Kier alpha value is -1.71. The molecule has 4 heteroatoms. The number of fused-ring (bicyclic) bond motifs is 1. The zero-order chi connectivity index (χ0) is 7.68. The van der Waals surface area contributed by atoms with E-state index in [4.69, 9.17) is 4.84 Å². The number of benzene rings is 1. The van der Waals surface area contributed by atoms with E-state index in [1.165, 1.54) is 0 Å². The van der Waals surface area contributed by atoms with Crippen LogP contribution in [0.3, 0.4) is 0 Å². The fourth-order valence-electron chi connectivity index (χ4n) is 0.908. The number of hydrogen-bond donors (Lipinski definition) is 2. The van der Waals surface area contributed by atoms with Crippen molar-refractivity contribution in [3.63, 3.8) is 0 Å². The first-order chi connectivity index (χ1) is 5.36. The van der Waals surface area contributed by atoms with Crippen molar-refractivity contribution in [2.24, 2.45) is 0 Å². The molecule has 0 aromatic heterocycles. The molecule has 0 saturated carbocycles. The molecule has 2 amide bonds. The smallest absolute Gasteiger partial charge is 0.352 e. The molecule has 1 aromatic carbocycles. The van der Waals surface area contributed by atoms with Gasteiger partial charge in [0.05, 0.1) is 5.69 Å². The molecule has 56 valence electrons. The Bertz CT molecular complexity index is 298. The molecule has 0 fully saturated rings. The largest absolute Gasteiger partial charge is 0.376 e. The summed E-state index contributed by atoms with van der Waals surface area (Å²) in [6.07, 6.45) is 0. The minimum Gasteiger partial charge on any atom is -0.376 e. The Morgan fingerprint density at radius 1 is 1.27 bits per heavy atom. The van der Waals surface area contributed by atoms with Crippen LogP contribution in [0.25, 0.3) is 0 Å². The van der Waals surface area contributed by atoms with E-state index >= 15 is 0 Å². The standard InChI is InChI=1S/C7H6N2O2/c10-7-8-5-3-1-2-4-6(5)11-9-7/h1-4H,(H2,8,9,10). The average molecular weight is 150 g/mol. The van der Waals surface area contributed by atoms with Gasteiger partial charge in [0.2, 0.25) is 0 Å². The quantitative estimate of drug-likeness (QED) is 0.582. The number of carbonyl (C=O) groups excluding carboxylic acids is 1. The number of hydrogen-bond acceptors (Lipinski definition) is 2. The fraction of sp³-hybridized carbons (Fsp3) is 0. The summed E-state index contributed by atoms with van der Waals surface area (Å²) >= 11 is 0. The van der Waals surface area contributed by atoms with Crippen molar-refractivity contribution in [3.8, 4) is 5.75 Å². The topological polar surface area (TPSA) is 50.4 Å². The lowest BCUT2D eigenvalue weighted by molar-refractivity contribution is 0.184. The summed E-state index contributed by atoms with van der Waals surface area (Å²) in [5, 5.41) is 2.58. The predicted molar refractivity (Wildman–Crippen MR) is 39.2 cm³/mol. The van der Waals surface area contributed by atoms with Gasteiger partial charge in [-0.05, 0) is 12.1 Å². The van der Waals surface area contributed by atoms with Crippen molar-refractivity contribution in [1.82, 2.24) is 5.48 Å². The number of anilines is 1. The number of amides is 2. The molecule has 1 heterocycles. The molecule has 1 aliphatic heterocycles. The van der Waals surface area contributed by atoms with Gasteiger partial charge < -0.3 is 10.2 Å². The lowest BCUT2D eigenvalue weighted by Crippen LogP contribution is -2.35. The Kier molecular flexibility index (Phi) is 1.18. The first-order valence-corrected chi connectivity index (χ1v) is 3.19. The van der Waals surface area contributed by atoms with Crippen molar-refractivity contribution in [3.05, 3.63) is 24.3 Å². The van der Waals surface area contributed by atoms with Gasteiger partial charge >= 0.3 is 6.03 Å². The lowest BCUT2D eigenvalue weighted by atomic mass is 10.3. The van der Waals surface area contributed by atoms with Crippen LogP contribution in [0.1, 0.15) is 0 Å². The maximum absolute atomic E-state index is 10.7. The highest BCUT2D eigenvalue weighted by Crippen LogP contribution is 2.24. The molecule has 0 radical (unpaired) electrons. The molecule has 11 heavy (non-hydrogen) atoms. The van der Waals surface area contributed by atoms with E-state index in [0.717, 1.165) is 0 Å². The van der Waals surface area contributed by atoms with E-state index in [1.54, 1.807) is 12.1 Å². The van der Waals surface area contributed by atoms with E-state index in [9.17, 15) is 4.79 Å². The van der Waals surface area contributed by atoms with Crippen LogP contribution in [0.4, 0.5) is 10.5 Å². The third-order valence-electron chi connectivity index (χ3n) is 1.39. The van der Waals surface area contributed by atoms with Gasteiger partial charge in [-0.15, -0.1) is 0 Å². The maximum Gasteiger partial charge on any atom is 0.352 e. The fourth-order valence-corrected chi connectivity index (χ4v) is 0.908. The van der Waals surface area contributed by atoms with Crippen molar-refractivity contribution in [1.29, 1.82) is 0 Å². The van der Waals surface area contributed by atoms with Crippen LogP contribution in [0.2, 0.25) is 0 Å². The summed E-state index contributed by atoms with van der Waals surface area (Å²) in [5.41, 5.74) is 2.88. The highest BCUT2D eigenvalue weighted by Gasteiger charge is 2.13. The molecule has 2 rings (SSSR count). The first kappa shape index (κ1) is 6.03. The molecular weight excluding hydrogens is 144 g/mol. The average Bonchev–Trinajstić information content (AvgIpc) is 2.04. The third kappa shape index (κ3) is 0.980. The van der Waals surface area contributed by atoms with Gasteiger partial charge in [0, 0.05) is 0 Å². The third-order valence-corrected chi connectivity index (χ3v) is 1.39. The number of rotatable bonds is 0. The SMILES string of the molecule is O=C1NOc2ccccc2N1. The van der Waals surface area contributed by atoms with E-state index in [2.05, 4.69) is 10.8 Å². The second-order valence-corrected chi connectivity index (χ2v) is 2.15. The van der Waals surface area contributed by atoms with Crippen molar-refractivity contribution in [2.75, 3.05) is 5.32 Å². The van der Waals surface area contributed by atoms with Gasteiger partial charge in [-0.3, -0.25) is 0 Å². The Morgan fingerprint density at radius 3 is 3.00 bits per heavy atom. The van der Waals surface area contributed by atoms with Gasteiger partial charge in [-0.25, -0.2) is 4.79 Å². The van der Waals surface area contributed by atoms with Gasteiger partial charge in [-0.2, -0.15) is 5.48 Å². The van der Waals surface area contributed by atoms with Gasteiger partial charge in [0.25, 0.3) is 0 Å². The number of urea groups is 1. The second kappa shape index (κ2) is 2.16. The molecule has 1 aliphatic rings. The van der Waals surface area contributed by atoms with Crippen molar-refractivity contribution < 1.29 is 9.63 Å². The van der Waals surface area contributed by atoms with E-state index in [0.29, 0.717) is 11.4 Å². The van der Waals surface area contributed by atoms with E-state index < -0.39 is 0 Å². The lowest BCUT2D eigenvalue weighted by Gasteiger charge is -2.16.